The monoisotopic (exact) mass is 303 g/mol. The lowest BCUT2D eigenvalue weighted by atomic mass is 10.1. The minimum Gasteiger partial charge on any atom is -0.366 e. The van der Waals surface area contributed by atoms with Crippen molar-refractivity contribution in [2.24, 2.45) is 5.73 Å². The number of rotatable bonds is 4. The highest BCUT2D eigenvalue weighted by Crippen LogP contribution is 2.12. The van der Waals surface area contributed by atoms with Gasteiger partial charge >= 0.3 is 0 Å². The van der Waals surface area contributed by atoms with Crippen molar-refractivity contribution in [3.8, 4) is 0 Å². The number of hydrogen-bond donors (Lipinski definition) is 1. The highest BCUT2D eigenvalue weighted by molar-refractivity contribution is 6.30. The molecule has 2 amide bonds. The second-order valence-electron chi connectivity index (χ2n) is 4.58. The molecule has 2 aromatic rings. The molecule has 0 aliphatic carbocycles. The lowest BCUT2D eigenvalue weighted by molar-refractivity contribution is 0.0779. The summed E-state index contributed by atoms with van der Waals surface area (Å²) >= 11 is 5.85. The number of carbonyl (C=O) groups is 2. The Morgan fingerprint density at radius 3 is 2.48 bits per heavy atom. The van der Waals surface area contributed by atoms with Gasteiger partial charge < -0.3 is 10.6 Å². The standard InChI is InChI=1S/C15H14ClN3O2/c1-19(15(21)13-8-12(16)6-7-18-13)9-10-2-4-11(5-3-10)14(17)20/h2-8H,9H2,1H3,(H2,17,20). The highest BCUT2D eigenvalue weighted by Gasteiger charge is 2.14. The fourth-order valence-corrected chi connectivity index (χ4v) is 2.00. The zero-order valence-corrected chi connectivity index (χ0v) is 12.2. The van der Waals surface area contributed by atoms with Crippen molar-refractivity contribution in [1.29, 1.82) is 0 Å². The van der Waals surface area contributed by atoms with Gasteiger partial charge in [0.25, 0.3) is 5.91 Å². The first-order valence-corrected chi connectivity index (χ1v) is 6.61. The summed E-state index contributed by atoms with van der Waals surface area (Å²) in [4.78, 5) is 28.7. The van der Waals surface area contributed by atoms with Crippen LogP contribution in [0.1, 0.15) is 26.4 Å². The van der Waals surface area contributed by atoms with Crippen molar-refractivity contribution in [1.82, 2.24) is 9.88 Å². The molecular weight excluding hydrogens is 290 g/mol. The van der Waals surface area contributed by atoms with Gasteiger partial charge in [0.15, 0.2) is 0 Å². The van der Waals surface area contributed by atoms with E-state index in [0.29, 0.717) is 22.8 Å². The largest absolute Gasteiger partial charge is 0.366 e. The number of primary amides is 1. The Kier molecular flexibility index (Phi) is 4.55. The van der Waals surface area contributed by atoms with E-state index in [1.54, 1.807) is 37.4 Å². The third kappa shape index (κ3) is 3.79. The van der Waals surface area contributed by atoms with Crippen LogP contribution >= 0.6 is 11.6 Å². The van der Waals surface area contributed by atoms with E-state index in [-0.39, 0.29) is 5.91 Å². The number of amides is 2. The van der Waals surface area contributed by atoms with Crippen molar-refractivity contribution >= 4 is 23.4 Å². The van der Waals surface area contributed by atoms with Crippen LogP contribution in [0.15, 0.2) is 42.6 Å². The maximum absolute atomic E-state index is 12.2. The number of hydrogen-bond acceptors (Lipinski definition) is 3. The molecule has 1 heterocycles. The molecule has 0 unspecified atom stereocenters. The van der Waals surface area contributed by atoms with Crippen molar-refractivity contribution in [3.63, 3.8) is 0 Å². The average molecular weight is 304 g/mol. The van der Waals surface area contributed by atoms with E-state index in [0.717, 1.165) is 5.56 Å². The van der Waals surface area contributed by atoms with Crippen LogP contribution in [0.4, 0.5) is 0 Å². The van der Waals surface area contributed by atoms with Crippen molar-refractivity contribution in [2.45, 2.75) is 6.54 Å². The Bertz CT molecular complexity index is 671. The minimum atomic E-state index is -0.478. The molecule has 6 heteroatoms. The van der Waals surface area contributed by atoms with Crippen LogP contribution < -0.4 is 5.73 Å². The molecule has 2 N–H and O–H groups in total. The van der Waals surface area contributed by atoms with E-state index in [2.05, 4.69) is 4.98 Å². The minimum absolute atomic E-state index is 0.225. The normalized spacial score (nSPS) is 10.2. The highest BCUT2D eigenvalue weighted by atomic mass is 35.5. The predicted molar refractivity (Wildman–Crippen MR) is 80.0 cm³/mol. The number of carbonyl (C=O) groups excluding carboxylic acids is 2. The summed E-state index contributed by atoms with van der Waals surface area (Å²) in [5.74, 6) is -0.703. The molecule has 2 rings (SSSR count). The van der Waals surface area contributed by atoms with Crippen LogP contribution in [0, 0.1) is 0 Å². The van der Waals surface area contributed by atoms with Crippen molar-refractivity contribution < 1.29 is 9.59 Å². The van der Waals surface area contributed by atoms with Crippen LogP contribution in [0.25, 0.3) is 0 Å². The summed E-state index contributed by atoms with van der Waals surface area (Å²) < 4.78 is 0. The van der Waals surface area contributed by atoms with Gasteiger partial charge in [-0.05, 0) is 29.8 Å². The molecule has 0 aliphatic rings. The summed E-state index contributed by atoms with van der Waals surface area (Å²) in [7, 11) is 1.67. The first kappa shape index (κ1) is 15.0. The molecule has 21 heavy (non-hydrogen) atoms. The van der Waals surface area contributed by atoms with Gasteiger partial charge in [0.1, 0.15) is 5.69 Å². The Morgan fingerprint density at radius 2 is 1.90 bits per heavy atom. The van der Waals surface area contributed by atoms with Crippen LogP contribution in [-0.2, 0) is 6.54 Å². The van der Waals surface area contributed by atoms with Gasteiger partial charge in [0, 0.05) is 30.4 Å². The molecule has 0 fully saturated rings. The summed E-state index contributed by atoms with van der Waals surface area (Å²) in [5.41, 5.74) is 6.79. The van der Waals surface area contributed by atoms with E-state index in [1.807, 2.05) is 0 Å². The van der Waals surface area contributed by atoms with E-state index in [1.165, 1.54) is 17.2 Å². The molecule has 108 valence electrons. The summed E-state index contributed by atoms with van der Waals surface area (Å²) in [5, 5.41) is 0.465. The third-order valence-corrected chi connectivity index (χ3v) is 3.18. The summed E-state index contributed by atoms with van der Waals surface area (Å²) in [6.45, 7) is 0.395. The van der Waals surface area contributed by atoms with E-state index < -0.39 is 5.91 Å². The molecule has 0 atom stereocenters. The fourth-order valence-electron chi connectivity index (χ4n) is 1.84. The molecule has 1 aromatic carbocycles. The average Bonchev–Trinajstić information content (AvgIpc) is 2.47. The van der Waals surface area contributed by atoms with Crippen molar-refractivity contribution in [2.75, 3.05) is 7.05 Å². The van der Waals surface area contributed by atoms with Crippen LogP contribution in [-0.4, -0.2) is 28.7 Å². The number of halogens is 1. The molecular formula is C15H14ClN3O2. The van der Waals surface area contributed by atoms with Gasteiger partial charge in [-0.2, -0.15) is 0 Å². The van der Waals surface area contributed by atoms with Gasteiger partial charge in [-0.15, -0.1) is 0 Å². The Labute approximate surface area is 127 Å². The summed E-state index contributed by atoms with van der Waals surface area (Å²) in [6, 6.07) is 9.92. The second kappa shape index (κ2) is 6.37. The molecule has 0 saturated heterocycles. The molecule has 0 saturated carbocycles. The van der Waals surface area contributed by atoms with E-state index in [4.69, 9.17) is 17.3 Å². The second-order valence-corrected chi connectivity index (χ2v) is 5.02. The van der Waals surface area contributed by atoms with Crippen LogP contribution in [0.5, 0.6) is 0 Å². The molecule has 0 aliphatic heterocycles. The van der Waals surface area contributed by atoms with Gasteiger partial charge in [0.05, 0.1) is 0 Å². The zero-order chi connectivity index (χ0) is 15.4. The van der Waals surface area contributed by atoms with Gasteiger partial charge in [-0.25, -0.2) is 0 Å². The van der Waals surface area contributed by atoms with E-state index >= 15 is 0 Å². The predicted octanol–water partition coefficient (Wildman–Crippen LogP) is 2.11. The molecule has 5 nitrogen and oxygen atoms in total. The maximum atomic E-state index is 12.2. The topological polar surface area (TPSA) is 76.3 Å². The van der Waals surface area contributed by atoms with Gasteiger partial charge in [-0.1, -0.05) is 23.7 Å². The summed E-state index contributed by atoms with van der Waals surface area (Å²) in [6.07, 6.45) is 1.49. The molecule has 0 bridgehead atoms. The Hall–Kier alpha value is -2.40. The Morgan fingerprint density at radius 1 is 1.24 bits per heavy atom. The van der Waals surface area contributed by atoms with Crippen molar-refractivity contribution in [3.05, 3.63) is 64.4 Å². The van der Waals surface area contributed by atoms with E-state index in [9.17, 15) is 9.59 Å². The van der Waals surface area contributed by atoms with Gasteiger partial charge in [0.2, 0.25) is 5.91 Å². The quantitative estimate of drug-likeness (QED) is 0.939. The SMILES string of the molecule is CN(Cc1ccc(C(N)=O)cc1)C(=O)c1cc(Cl)ccn1. The number of aromatic nitrogens is 1. The fraction of sp³-hybridized carbons (Fsp3) is 0.133. The van der Waals surface area contributed by atoms with Gasteiger partial charge in [-0.3, -0.25) is 14.6 Å². The van der Waals surface area contributed by atoms with Crippen LogP contribution in [0.3, 0.4) is 0 Å². The first-order chi connectivity index (χ1) is 9.97. The Balaban J connectivity index is 2.08. The number of pyridine rings is 1. The number of nitrogens with two attached hydrogens (primary N) is 1. The molecule has 0 radical (unpaired) electrons. The smallest absolute Gasteiger partial charge is 0.272 e. The molecule has 1 aromatic heterocycles. The third-order valence-electron chi connectivity index (χ3n) is 2.95. The molecule has 0 spiro atoms. The zero-order valence-electron chi connectivity index (χ0n) is 11.4. The number of benzene rings is 1. The lowest BCUT2D eigenvalue weighted by Crippen LogP contribution is -2.27. The number of nitrogens with zero attached hydrogens (tertiary/aromatic N) is 2. The van der Waals surface area contributed by atoms with Crippen LogP contribution in [0.2, 0.25) is 5.02 Å². The first-order valence-electron chi connectivity index (χ1n) is 6.23. The lowest BCUT2D eigenvalue weighted by Gasteiger charge is -2.17. The maximum Gasteiger partial charge on any atom is 0.272 e.